The molecule has 1 heterocycles. The van der Waals surface area contributed by atoms with E-state index < -0.39 is 5.82 Å². The fourth-order valence-corrected chi connectivity index (χ4v) is 2.52. The molecule has 0 atom stereocenters. The van der Waals surface area contributed by atoms with Gasteiger partial charge in [0.25, 0.3) is 0 Å². The highest BCUT2D eigenvalue weighted by molar-refractivity contribution is 6.30. The zero-order chi connectivity index (χ0) is 14.1. The van der Waals surface area contributed by atoms with Gasteiger partial charge in [0.2, 0.25) is 0 Å². The van der Waals surface area contributed by atoms with Crippen LogP contribution in [0.2, 0.25) is 5.02 Å². The van der Waals surface area contributed by atoms with Crippen molar-refractivity contribution in [1.29, 1.82) is 0 Å². The smallest absolute Gasteiger partial charge is 0.143 e. The number of halogens is 2. The van der Waals surface area contributed by atoms with Gasteiger partial charge in [-0.3, -0.25) is 0 Å². The van der Waals surface area contributed by atoms with E-state index in [1.807, 2.05) is 10.9 Å². The average Bonchev–Trinajstić information content (AvgIpc) is 3.20. The summed E-state index contributed by atoms with van der Waals surface area (Å²) < 4.78 is 15.5. The molecule has 0 radical (unpaired) electrons. The minimum Gasteiger partial charge on any atom is -0.313 e. The first-order chi connectivity index (χ1) is 9.70. The molecule has 5 heteroatoms. The van der Waals surface area contributed by atoms with Gasteiger partial charge in [-0.05, 0) is 31.5 Å². The average molecular weight is 294 g/mol. The second-order valence-corrected chi connectivity index (χ2v) is 5.53. The van der Waals surface area contributed by atoms with Gasteiger partial charge in [0.15, 0.2) is 0 Å². The molecule has 106 valence electrons. The molecule has 1 aliphatic rings. The molecule has 20 heavy (non-hydrogen) atoms. The van der Waals surface area contributed by atoms with Crippen LogP contribution in [0.5, 0.6) is 0 Å². The molecule has 1 saturated carbocycles. The summed E-state index contributed by atoms with van der Waals surface area (Å²) >= 11 is 5.74. The van der Waals surface area contributed by atoms with Crippen LogP contribution in [0.25, 0.3) is 5.69 Å². The summed E-state index contributed by atoms with van der Waals surface area (Å²) in [5, 5.41) is 7.90. The van der Waals surface area contributed by atoms with Crippen molar-refractivity contribution in [1.82, 2.24) is 15.1 Å². The molecule has 1 N–H and O–H groups in total. The second kappa shape index (κ2) is 5.54. The maximum atomic E-state index is 13.6. The van der Waals surface area contributed by atoms with Gasteiger partial charge in [-0.15, -0.1) is 0 Å². The summed E-state index contributed by atoms with van der Waals surface area (Å²) in [6.45, 7) is 3.80. The Morgan fingerprint density at radius 1 is 1.45 bits per heavy atom. The Balaban J connectivity index is 1.99. The lowest BCUT2D eigenvalue weighted by atomic mass is 10.1. The van der Waals surface area contributed by atoms with E-state index in [0.717, 1.165) is 18.8 Å². The van der Waals surface area contributed by atoms with Gasteiger partial charge >= 0.3 is 0 Å². The fourth-order valence-electron chi connectivity index (χ4n) is 2.40. The van der Waals surface area contributed by atoms with Gasteiger partial charge in [-0.1, -0.05) is 18.5 Å². The topological polar surface area (TPSA) is 29.9 Å². The van der Waals surface area contributed by atoms with E-state index >= 15 is 0 Å². The minimum absolute atomic E-state index is 0.141. The number of nitrogens with zero attached hydrogens (tertiary/aromatic N) is 2. The first-order valence-electron chi connectivity index (χ1n) is 6.93. The molecular formula is C15H17ClFN3. The molecule has 0 bridgehead atoms. The highest BCUT2D eigenvalue weighted by Crippen LogP contribution is 2.42. The largest absolute Gasteiger partial charge is 0.313 e. The van der Waals surface area contributed by atoms with E-state index in [0.29, 0.717) is 5.92 Å². The van der Waals surface area contributed by atoms with Gasteiger partial charge in [0.05, 0.1) is 22.6 Å². The third-order valence-electron chi connectivity index (χ3n) is 3.56. The molecule has 3 nitrogen and oxygen atoms in total. The fraction of sp³-hybridized carbons (Fsp3) is 0.400. The molecule has 0 unspecified atom stereocenters. The Hall–Kier alpha value is -1.39. The van der Waals surface area contributed by atoms with Crippen LogP contribution >= 0.6 is 11.6 Å². The van der Waals surface area contributed by atoms with Crippen LogP contribution in [0.1, 0.15) is 36.9 Å². The number of hydrogen-bond acceptors (Lipinski definition) is 2. The summed E-state index contributed by atoms with van der Waals surface area (Å²) in [6.07, 6.45) is 4.24. The van der Waals surface area contributed by atoms with Crippen LogP contribution in [-0.2, 0) is 6.54 Å². The number of rotatable bonds is 5. The normalized spacial score (nSPS) is 14.8. The summed E-state index contributed by atoms with van der Waals surface area (Å²) in [6, 6.07) is 4.83. The molecule has 1 fully saturated rings. The monoisotopic (exact) mass is 293 g/mol. The maximum absolute atomic E-state index is 13.6. The number of benzene rings is 1. The van der Waals surface area contributed by atoms with Crippen LogP contribution in [0.3, 0.4) is 0 Å². The molecule has 0 spiro atoms. The van der Waals surface area contributed by atoms with Crippen LogP contribution in [-0.4, -0.2) is 16.3 Å². The van der Waals surface area contributed by atoms with Crippen LogP contribution in [0.15, 0.2) is 24.4 Å². The Labute approximate surface area is 122 Å². The summed E-state index contributed by atoms with van der Waals surface area (Å²) in [5.74, 6) is 0.138. The minimum atomic E-state index is -0.408. The standard InChI is InChI=1S/C15H17ClFN3/c1-2-18-8-11-9-19-20(15(11)10-3-4-10)12-5-6-13(16)14(17)7-12/h5-7,9-10,18H,2-4,8H2,1H3. The van der Waals surface area contributed by atoms with Crippen LogP contribution < -0.4 is 5.32 Å². The molecule has 0 saturated heterocycles. The number of nitrogens with one attached hydrogen (secondary N) is 1. The molecule has 2 aromatic rings. The quantitative estimate of drug-likeness (QED) is 0.912. The zero-order valence-electron chi connectivity index (χ0n) is 11.4. The Kier molecular flexibility index (Phi) is 3.76. The zero-order valence-corrected chi connectivity index (χ0v) is 12.1. The van der Waals surface area contributed by atoms with E-state index in [1.165, 1.54) is 30.2 Å². The van der Waals surface area contributed by atoms with Crippen LogP contribution in [0, 0.1) is 5.82 Å². The maximum Gasteiger partial charge on any atom is 0.143 e. The van der Waals surface area contributed by atoms with Gasteiger partial charge in [-0.25, -0.2) is 9.07 Å². The van der Waals surface area contributed by atoms with Crippen molar-refractivity contribution in [3.05, 3.63) is 46.5 Å². The molecule has 0 aliphatic heterocycles. The van der Waals surface area contributed by atoms with Crippen molar-refractivity contribution >= 4 is 11.6 Å². The van der Waals surface area contributed by atoms with Crippen molar-refractivity contribution in [3.63, 3.8) is 0 Å². The Morgan fingerprint density at radius 3 is 2.90 bits per heavy atom. The van der Waals surface area contributed by atoms with Crippen molar-refractivity contribution in [3.8, 4) is 5.69 Å². The van der Waals surface area contributed by atoms with Crippen molar-refractivity contribution < 1.29 is 4.39 Å². The molecule has 1 aromatic carbocycles. The van der Waals surface area contributed by atoms with E-state index in [-0.39, 0.29) is 5.02 Å². The molecule has 3 rings (SSSR count). The highest BCUT2D eigenvalue weighted by atomic mass is 35.5. The molecule has 1 aliphatic carbocycles. The van der Waals surface area contributed by atoms with Gasteiger partial charge in [0, 0.05) is 24.1 Å². The van der Waals surface area contributed by atoms with Crippen molar-refractivity contribution in [2.24, 2.45) is 0 Å². The van der Waals surface area contributed by atoms with Crippen molar-refractivity contribution in [2.45, 2.75) is 32.2 Å². The predicted molar refractivity (Wildman–Crippen MR) is 77.9 cm³/mol. The van der Waals surface area contributed by atoms with Crippen LogP contribution in [0.4, 0.5) is 4.39 Å². The third-order valence-corrected chi connectivity index (χ3v) is 3.87. The lowest BCUT2D eigenvalue weighted by molar-refractivity contribution is 0.625. The van der Waals surface area contributed by atoms with Crippen molar-refractivity contribution in [2.75, 3.05) is 6.54 Å². The van der Waals surface area contributed by atoms with E-state index in [9.17, 15) is 4.39 Å². The highest BCUT2D eigenvalue weighted by Gasteiger charge is 2.30. The predicted octanol–water partition coefficient (Wildman–Crippen LogP) is 3.65. The first kappa shape index (κ1) is 13.6. The van der Waals surface area contributed by atoms with E-state index in [1.54, 1.807) is 12.1 Å². The summed E-state index contributed by atoms with van der Waals surface area (Å²) in [4.78, 5) is 0. The Morgan fingerprint density at radius 2 is 2.25 bits per heavy atom. The molecular weight excluding hydrogens is 277 g/mol. The lowest BCUT2D eigenvalue weighted by Gasteiger charge is -2.10. The summed E-state index contributed by atoms with van der Waals surface area (Å²) in [7, 11) is 0. The lowest BCUT2D eigenvalue weighted by Crippen LogP contribution is -2.13. The second-order valence-electron chi connectivity index (χ2n) is 5.12. The van der Waals surface area contributed by atoms with E-state index in [2.05, 4.69) is 17.3 Å². The number of hydrogen-bond donors (Lipinski definition) is 1. The van der Waals surface area contributed by atoms with E-state index in [4.69, 9.17) is 11.6 Å². The van der Waals surface area contributed by atoms with Gasteiger partial charge in [-0.2, -0.15) is 5.10 Å². The number of aromatic nitrogens is 2. The first-order valence-corrected chi connectivity index (χ1v) is 7.31. The van der Waals surface area contributed by atoms with Gasteiger partial charge < -0.3 is 5.32 Å². The Bertz CT molecular complexity index is 620. The third kappa shape index (κ3) is 2.58. The molecule has 1 aromatic heterocycles. The summed E-state index contributed by atoms with van der Waals surface area (Å²) in [5.41, 5.74) is 3.13. The SMILES string of the molecule is CCNCc1cnn(-c2ccc(Cl)c(F)c2)c1C1CC1. The van der Waals surface area contributed by atoms with Gasteiger partial charge in [0.1, 0.15) is 5.82 Å². The molecule has 0 amide bonds.